The zero-order chi connectivity index (χ0) is 32.3. The number of benzene rings is 3. The molecule has 1 aliphatic heterocycles. The van der Waals surface area contributed by atoms with Crippen LogP contribution in [0.5, 0.6) is 23.0 Å². The Labute approximate surface area is 265 Å². The molecular weight excluding hydrogens is 604 g/mol. The third-order valence-corrected chi connectivity index (χ3v) is 6.87. The van der Waals surface area contributed by atoms with E-state index in [1.165, 1.54) is 20.4 Å². The van der Waals surface area contributed by atoms with Crippen molar-refractivity contribution in [3.8, 4) is 23.0 Å². The van der Waals surface area contributed by atoms with E-state index in [4.69, 9.17) is 35.3 Å². The highest BCUT2D eigenvalue weighted by atomic mass is 35.5. The molecule has 238 valence electrons. The number of aliphatic hydroxyl groups is 1. The second kappa shape index (κ2) is 15.7. The molecular formula is C32H35ClN4O8. The summed E-state index contributed by atoms with van der Waals surface area (Å²) < 4.78 is 27.8. The van der Waals surface area contributed by atoms with Crippen molar-refractivity contribution in [2.24, 2.45) is 5.10 Å². The molecule has 4 rings (SSSR count). The highest BCUT2D eigenvalue weighted by Crippen LogP contribution is 2.37. The number of halogens is 1. The molecule has 0 radical (unpaired) electrons. The van der Waals surface area contributed by atoms with E-state index in [0.29, 0.717) is 58.1 Å². The van der Waals surface area contributed by atoms with Gasteiger partial charge in [0.15, 0.2) is 29.2 Å². The number of carbonyl (C=O) groups is 2. The van der Waals surface area contributed by atoms with Gasteiger partial charge in [-0.25, -0.2) is 9.59 Å². The maximum Gasteiger partial charge on any atom is 0.337 e. The van der Waals surface area contributed by atoms with Gasteiger partial charge < -0.3 is 39.4 Å². The fourth-order valence-corrected chi connectivity index (χ4v) is 4.78. The van der Waals surface area contributed by atoms with Crippen LogP contribution in [0.2, 0.25) is 5.02 Å². The average Bonchev–Trinajstić information content (AvgIpc) is 3.03. The van der Waals surface area contributed by atoms with Crippen LogP contribution in [0, 0.1) is 0 Å². The van der Waals surface area contributed by atoms with E-state index in [2.05, 4.69) is 21.2 Å². The lowest BCUT2D eigenvalue weighted by Gasteiger charge is -2.28. The van der Waals surface area contributed by atoms with Crippen molar-refractivity contribution in [2.75, 3.05) is 27.4 Å². The summed E-state index contributed by atoms with van der Waals surface area (Å²) in [5.41, 5.74) is 5.43. The van der Waals surface area contributed by atoms with Gasteiger partial charge in [-0.3, -0.25) is 5.43 Å². The lowest BCUT2D eigenvalue weighted by Crippen LogP contribution is -2.45. The van der Waals surface area contributed by atoms with Crippen molar-refractivity contribution in [2.45, 2.75) is 32.7 Å². The van der Waals surface area contributed by atoms with Gasteiger partial charge in [-0.05, 0) is 54.8 Å². The Bertz CT molecular complexity index is 1560. The summed E-state index contributed by atoms with van der Waals surface area (Å²) >= 11 is 6.47. The number of nitrogens with one attached hydrogen (secondary N) is 3. The van der Waals surface area contributed by atoms with Crippen molar-refractivity contribution in [1.82, 2.24) is 16.1 Å². The molecule has 2 amide bonds. The Morgan fingerprint density at radius 2 is 1.84 bits per heavy atom. The van der Waals surface area contributed by atoms with Gasteiger partial charge in [-0.15, -0.1) is 0 Å². The van der Waals surface area contributed by atoms with Gasteiger partial charge in [0.2, 0.25) is 0 Å². The summed E-state index contributed by atoms with van der Waals surface area (Å²) in [7, 11) is 2.79. The summed E-state index contributed by atoms with van der Waals surface area (Å²) in [5, 5.41) is 20.2. The lowest BCUT2D eigenvalue weighted by molar-refractivity contribution is -0.136. The number of urea groups is 1. The standard InChI is InChI=1S/C32H35ClN4O8/c1-5-43-25-15-22(29-28(31(39)42-4)19(2)35-32(40)36-29)11-12-24(25)44-18-27(38)37-34-16-21-13-23(33)30(26(14-21)41-3)45-17-20-9-7-6-8-10-20/h6-16,27,29,37-38H,5,17-18H2,1-4H3,(H2,35,36,40)/b34-16-/t27-,29-/m1/s1. The number of rotatable bonds is 14. The number of aliphatic hydroxyl groups excluding tert-OH is 1. The van der Waals surface area contributed by atoms with E-state index >= 15 is 0 Å². The van der Waals surface area contributed by atoms with E-state index in [-0.39, 0.29) is 12.2 Å². The molecule has 45 heavy (non-hydrogen) atoms. The fourth-order valence-electron chi connectivity index (χ4n) is 4.50. The minimum absolute atomic E-state index is 0.177. The highest BCUT2D eigenvalue weighted by Gasteiger charge is 2.32. The number of methoxy groups -OCH3 is 2. The number of carbonyl (C=O) groups excluding carboxylic acids is 2. The van der Waals surface area contributed by atoms with Crippen LogP contribution < -0.4 is 35.0 Å². The summed E-state index contributed by atoms with van der Waals surface area (Å²) in [6.45, 7) is 3.90. The number of esters is 1. The van der Waals surface area contributed by atoms with E-state index in [9.17, 15) is 14.7 Å². The highest BCUT2D eigenvalue weighted by molar-refractivity contribution is 6.32. The zero-order valence-electron chi connectivity index (χ0n) is 25.3. The predicted octanol–water partition coefficient (Wildman–Crippen LogP) is 4.45. The molecule has 0 fully saturated rings. The molecule has 1 aliphatic rings. The number of ether oxygens (including phenoxy) is 5. The monoisotopic (exact) mass is 638 g/mol. The van der Waals surface area contributed by atoms with Crippen LogP contribution in [0.25, 0.3) is 0 Å². The number of hydrogen-bond donors (Lipinski definition) is 4. The third kappa shape index (κ3) is 8.58. The Morgan fingerprint density at radius 1 is 1.07 bits per heavy atom. The van der Waals surface area contributed by atoms with Crippen molar-refractivity contribution >= 4 is 29.8 Å². The minimum atomic E-state index is -1.18. The number of amides is 2. The Balaban J connectivity index is 1.39. The van der Waals surface area contributed by atoms with Gasteiger partial charge >= 0.3 is 12.0 Å². The zero-order valence-corrected chi connectivity index (χ0v) is 26.0. The number of nitrogens with zero attached hydrogens (tertiary/aromatic N) is 1. The van der Waals surface area contributed by atoms with E-state index in [1.54, 1.807) is 44.2 Å². The average molecular weight is 639 g/mol. The molecule has 0 unspecified atom stereocenters. The summed E-state index contributed by atoms with van der Waals surface area (Å²) in [6, 6.07) is 16.8. The van der Waals surface area contributed by atoms with Gasteiger partial charge in [0, 0.05) is 5.70 Å². The molecule has 0 aromatic heterocycles. The molecule has 0 spiro atoms. The Hall–Kier alpha value is -4.94. The smallest absolute Gasteiger partial charge is 0.337 e. The molecule has 0 saturated carbocycles. The number of hydrogen-bond acceptors (Lipinski definition) is 10. The largest absolute Gasteiger partial charge is 0.493 e. The minimum Gasteiger partial charge on any atom is -0.493 e. The first-order valence-corrected chi connectivity index (χ1v) is 14.4. The summed E-state index contributed by atoms with van der Waals surface area (Å²) in [4.78, 5) is 24.6. The maximum absolute atomic E-state index is 12.4. The fraction of sp³-hybridized carbons (Fsp3) is 0.281. The molecule has 0 aliphatic carbocycles. The van der Waals surface area contributed by atoms with Crippen LogP contribution in [-0.4, -0.2) is 57.0 Å². The molecule has 3 aromatic carbocycles. The quantitative estimate of drug-likeness (QED) is 0.0870. The van der Waals surface area contributed by atoms with Crippen molar-refractivity contribution in [3.63, 3.8) is 0 Å². The molecule has 13 heteroatoms. The van der Waals surface area contributed by atoms with Gasteiger partial charge in [0.25, 0.3) is 0 Å². The van der Waals surface area contributed by atoms with Gasteiger partial charge in [-0.2, -0.15) is 5.10 Å². The van der Waals surface area contributed by atoms with E-state index in [0.717, 1.165) is 5.56 Å². The first-order chi connectivity index (χ1) is 21.7. The van der Waals surface area contributed by atoms with Crippen LogP contribution >= 0.6 is 11.6 Å². The van der Waals surface area contributed by atoms with Crippen molar-refractivity contribution in [3.05, 3.63) is 93.6 Å². The molecule has 4 N–H and O–H groups in total. The normalized spacial score (nSPS) is 15.2. The van der Waals surface area contributed by atoms with Crippen LogP contribution in [0.15, 0.2) is 77.0 Å². The predicted molar refractivity (Wildman–Crippen MR) is 168 cm³/mol. The molecule has 1 heterocycles. The molecule has 3 aromatic rings. The lowest BCUT2D eigenvalue weighted by atomic mass is 9.95. The Kier molecular flexibility index (Phi) is 11.5. The summed E-state index contributed by atoms with van der Waals surface area (Å²) in [6.07, 6.45) is 0.294. The molecule has 0 saturated heterocycles. The van der Waals surface area contributed by atoms with Gasteiger partial charge in [-0.1, -0.05) is 48.0 Å². The van der Waals surface area contributed by atoms with Gasteiger partial charge in [0.05, 0.1) is 43.7 Å². The molecule has 2 atom stereocenters. The van der Waals surface area contributed by atoms with E-state index < -0.39 is 24.3 Å². The van der Waals surface area contributed by atoms with Crippen molar-refractivity contribution < 1.29 is 38.4 Å². The topological polar surface area (TPSA) is 149 Å². The molecule has 0 bridgehead atoms. The first-order valence-electron chi connectivity index (χ1n) is 14.0. The number of hydrazone groups is 1. The van der Waals surface area contributed by atoms with Crippen LogP contribution in [0.1, 0.15) is 36.6 Å². The second-order valence-electron chi connectivity index (χ2n) is 9.72. The van der Waals surface area contributed by atoms with Crippen LogP contribution in [0.4, 0.5) is 4.79 Å². The first kappa shape index (κ1) is 33.0. The van der Waals surface area contributed by atoms with Gasteiger partial charge in [0.1, 0.15) is 13.2 Å². The van der Waals surface area contributed by atoms with Crippen LogP contribution in [-0.2, 0) is 16.1 Å². The SMILES string of the molecule is CCOc1cc([C@H]2NC(=O)NC(C)=C2C(=O)OC)ccc1OC[C@@H](O)N/N=C\c1cc(Cl)c(OCc2ccccc2)c(OC)c1. The van der Waals surface area contributed by atoms with Crippen molar-refractivity contribution in [1.29, 1.82) is 0 Å². The molecule has 12 nitrogen and oxygen atoms in total. The number of allylic oxidation sites excluding steroid dienone is 1. The summed E-state index contributed by atoms with van der Waals surface area (Å²) in [5.74, 6) is 0.966. The van der Waals surface area contributed by atoms with Crippen LogP contribution in [0.3, 0.4) is 0 Å². The third-order valence-electron chi connectivity index (χ3n) is 6.59. The maximum atomic E-state index is 12.4. The van der Waals surface area contributed by atoms with E-state index in [1.807, 2.05) is 30.3 Å². The second-order valence-corrected chi connectivity index (χ2v) is 10.1. The Morgan fingerprint density at radius 3 is 2.56 bits per heavy atom.